The Kier molecular flexibility index (Phi) is 6.29. The molecule has 1 aliphatic rings. The van der Waals surface area contributed by atoms with Crippen LogP contribution in [0.2, 0.25) is 0 Å². The topological polar surface area (TPSA) is 63.2 Å². The third-order valence-corrected chi connectivity index (χ3v) is 8.00. The summed E-state index contributed by atoms with van der Waals surface area (Å²) in [6.45, 7) is 2.56. The van der Waals surface area contributed by atoms with Gasteiger partial charge >= 0.3 is 0 Å². The second-order valence-electron chi connectivity index (χ2n) is 6.68. The first-order valence-corrected chi connectivity index (χ1v) is 12.5. The van der Waals surface area contributed by atoms with E-state index in [9.17, 15) is 9.59 Å². The first kappa shape index (κ1) is 20.8. The number of aromatic nitrogens is 2. The number of fused-ring (bicyclic) bond motifs is 1. The van der Waals surface area contributed by atoms with Crippen LogP contribution in [0.15, 0.2) is 31.8 Å². The van der Waals surface area contributed by atoms with Crippen LogP contribution in [-0.2, 0) is 0 Å². The fourth-order valence-corrected chi connectivity index (χ4v) is 6.10. The quantitative estimate of drug-likeness (QED) is 0.243. The molecule has 0 spiro atoms. The number of rotatable bonds is 7. The van der Waals surface area contributed by atoms with Gasteiger partial charge in [0.25, 0.3) is 11.8 Å². The summed E-state index contributed by atoms with van der Waals surface area (Å²) < 4.78 is 1.87. The van der Waals surface area contributed by atoms with Crippen LogP contribution in [0, 0.1) is 0 Å². The largest absolute Gasteiger partial charge is 0.274 e. The lowest BCUT2D eigenvalue weighted by molar-refractivity contribution is 0.0652. The molecule has 0 saturated carbocycles. The van der Waals surface area contributed by atoms with Crippen molar-refractivity contribution < 1.29 is 9.59 Å². The van der Waals surface area contributed by atoms with Crippen molar-refractivity contribution in [1.29, 1.82) is 0 Å². The van der Waals surface area contributed by atoms with E-state index >= 15 is 0 Å². The van der Waals surface area contributed by atoms with Gasteiger partial charge in [0.05, 0.1) is 28.5 Å². The van der Waals surface area contributed by atoms with E-state index in [2.05, 4.69) is 49.0 Å². The summed E-state index contributed by atoms with van der Waals surface area (Å²) in [6, 6.07) is 7.59. The molecule has 3 aromatic heterocycles. The molecule has 2 amide bonds. The first-order chi connectivity index (χ1) is 14.0. The molecule has 0 N–H and O–H groups in total. The molecule has 29 heavy (non-hydrogen) atoms. The Hall–Kier alpha value is -1.42. The predicted octanol–water partition coefficient (Wildman–Crippen LogP) is 6.63. The molecule has 150 valence electrons. The number of hydrogen-bond donors (Lipinski definition) is 0. The molecule has 4 rings (SSSR count). The molecule has 1 aliphatic heterocycles. The second kappa shape index (κ2) is 8.75. The third kappa shape index (κ3) is 3.97. The summed E-state index contributed by atoms with van der Waals surface area (Å²) in [7, 11) is 0. The highest BCUT2D eigenvalue weighted by Crippen LogP contribution is 2.41. The molecular weight excluding hydrogens is 538 g/mol. The second-order valence-corrected chi connectivity index (χ2v) is 11.6. The van der Waals surface area contributed by atoms with E-state index in [-0.39, 0.29) is 11.8 Å². The lowest BCUT2D eigenvalue weighted by Crippen LogP contribution is -2.30. The van der Waals surface area contributed by atoms with Crippen molar-refractivity contribution in [2.24, 2.45) is 0 Å². The minimum Gasteiger partial charge on any atom is -0.274 e. The number of carbonyl (C=O) groups excluding carboxylic acids is 2. The number of thiophene rings is 2. The van der Waals surface area contributed by atoms with E-state index in [0.29, 0.717) is 29.1 Å². The minimum absolute atomic E-state index is 0.271. The van der Waals surface area contributed by atoms with Gasteiger partial charge in [-0.15, -0.1) is 32.9 Å². The Morgan fingerprint density at radius 1 is 0.828 bits per heavy atom. The molecule has 0 aliphatic carbocycles. The molecule has 0 saturated heterocycles. The number of amides is 2. The monoisotopic (exact) mass is 553 g/mol. The van der Waals surface area contributed by atoms with Crippen LogP contribution in [0.3, 0.4) is 0 Å². The van der Waals surface area contributed by atoms with Gasteiger partial charge in [0.2, 0.25) is 0 Å². The normalized spacial score (nSPS) is 13.4. The van der Waals surface area contributed by atoms with Crippen LogP contribution >= 0.6 is 54.5 Å². The maximum atomic E-state index is 13.3. The summed E-state index contributed by atoms with van der Waals surface area (Å²) in [5.74, 6) is -0.541. The highest BCUT2D eigenvalue weighted by atomic mass is 79.9. The van der Waals surface area contributed by atoms with E-state index in [0.717, 1.165) is 43.0 Å². The van der Waals surface area contributed by atoms with Crippen LogP contribution in [0.4, 0.5) is 0 Å². The van der Waals surface area contributed by atoms with Crippen LogP contribution in [-0.4, -0.2) is 33.5 Å². The highest BCUT2D eigenvalue weighted by molar-refractivity contribution is 9.11. The SMILES string of the molecule is CCCCCCN1C(=O)c2c(-c3ccc(Br)s3)nnc(-c3ccc(Br)s3)c2C1=O. The third-order valence-electron chi connectivity index (χ3n) is 4.74. The Bertz CT molecular complexity index is 1010. The van der Waals surface area contributed by atoms with E-state index < -0.39 is 0 Å². The van der Waals surface area contributed by atoms with Crippen molar-refractivity contribution >= 4 is 66.3 Å². The van der Waals surface area contributed by atoms with Crippen LogP contribution in [0.1, 0.15) is 53.3 Å². The van der Waals surface area contributed by atoms with Gasteiger partial charge in [0.1, 0.15) is 11.4 Å². The van der Waals surface area contributed by atoms with E-state index in [1.54, 1.807) is 0 Å². The minimum atomic E-state index is -0.271. The van der Waals surface area contributed by atoms with Crippen molar-refractivity contribution in [3.05, 3.63) is 43.0 Å². The van der Waals surface area contributed by atoms with E-state index in [4.69, 9.17) is 0 Å². The molecule has 0 atom stereocenters. The summed E-state index contributed by atoms with van der Waals surface area (Å²) in [6.07, 6.45) is 4.00. The van der Waals surface area contributed by atoms with Crippen molar-refractivity contribution in [3.8, 4) is 21.1 Å². The van der Waals surface area contributed by atoms with Crippen molar-refractivity contribution in [2.45, 2.75) is 32.6 Å². The Balaban J connectivity index is 1.81. The van der Waals surface area contributed by atoms with Gasteiger partial charge in [0, 0.05) is 6.54 Å². The lowest BCUT2D eigenvalue weighted by Gasteiger charge is -2.13. The predicted molar refractivity (Wildman–Crippen MR) is 124 cm³/mol. The summed E-state index contributed by atoms with van der Waals surface area (Å²) in [5, 5.41) is 8.76. The molecule has 0 aromatic carbocycles. The van der Waals surface area contributed by atoms with Gasteiger partial charge in [-0.3, -0.25) is 14.5 Å². The zero-order valence-electron chi connectivity index (χ0n) is 15.6. The molecule has 0 fully saturated rings. The first-order valence-electron chi connectivity index (χ1n) is 9.29. The van der Waals surface area contributed by atoms with Gasteiger partial charge in [0.15, 0.2) is 0 Å². The number of unbranched alkanes of at least 4 members (excludes halogenated alkanes) is 3. The van der Waals surface area contributed by atoms with Crippen molar-refractivity contribution in [1.82, 2.24) is 15.1 Å². The van der Waals surface area contributed by atoms with Crippen molar-refractivity contribution in [2.75, 3.05) is 6.54 Å². The number of carbonyl (C=O) groups is 2. The number of imide groups is 1. The Morgan fingerprint density at radius 2 is 1.34 bits per heavy atom. The number of halogens is 2. The lowest BCUT2D eigenvalue weighted by atomic mass is 10.1. The van der Waals surface area contributed by atoms with Gasteiger partial charge in [-0.1, -0.05) is 26.2 Å². The smallest absolute Gasteiger partial charge is 0.263 e. The maximum absolute atomic E-state index is 13.3. The van der Waals surface area contributed by atoms with Crippen LogP contribution in [0.25, 0.3) is 21.1 Å². The fraction of sp³-hybridized carbons (Fsp3) is 0.300. The Labute approximate surface area is 193 Å². The van der Waals surface area contributed by atoms with Gasteiger partial charge < -0.3 is 0 Å². The number of nitrogens with zero attached hydrogens (tertiary/aromatic N) is 3. The average molecular weight is 555 g/mol. The van der Waals surface area contributed by atoms with Gasteiger partial charge in [-0.05, 0) is 62.5 Å². The van der Waals surface area contributed by atoms with Gasteiger partial charge in [-0.25, -0.2) is 0 Å². The maximum Gasteiger partial charge on any atom is 0.263 e. The van der Waals surface area contributed by atoms with Crippen molar-refractivity contribution in [3.63, 3.8) is 0 Å². The van der Waals surface area contributed by atoms with E-state index in [1.807, 2.05) is 24.3 Å². The average Bonchev–Trinajstić information content (AvgIpc) is 3.39. The van der Waals surface area contributed by atoms with Gasteiger partial charge in [-0.2, -0.15) is 0 Å². The molecule has 0 unspecified atom stereocenters. The molecular formula is C20H17Br2N3O2S2. The molecule has 9 heteroatoms. The fourth-order valence-electron chi connectivity index (χ4n) is 3.34. The van der Waals surface area contributed by atoms with Crippen LogP contribution in [0.5, 0.6) is 0 Å². The zero-order chi connectivity index (χ0) is 20.5. The highest BCUT2D eigenvalue weighted by Gasteiger charge is 2.41. The molecule has 0 radical (unpaired) electrons. The molecule has 3 aromatic rings. The van der Waals surface area contributed by atoms with Crippen LogP contribution < -0.4 is 0 Å². The standard InChI is InChI=1S/C20H17Br2N3O2S2/c1-2-3-4-5-10-25-19(26)15-16(20(25)27)18(12-7-9-14(22)29-12)24-23-17(15)11-6-8-13(21)28-11/h6-9H,2-5,10H2,1H3. The van der Waals surface area contributed by atoms with E-state index in [1.165, 1.54) is 27.6 Å². The summed E-state index contributed by atoms with van der Waals surface area (Å²) in [4.78, 5) is 29.6. The summed E-state index contributed by atoms with van der Waals surface area (Å²) >= 11 is 9.85. The molecule has 5 nitrogen and oxygen atoms in total. The zero-order valence-corrected chi connectivity index (χ0v) is 20.4. The number of hydrogen-bond acceptors (Lipinski definition) is 6. The Morgan fingerprint density at radius 3 is 1.76 bits per heavy atom. The summed E-state index contributed by atoms with van der Waals surface area (Å²) in [5.41, 5.74) is 1.69. The molecule has 4 heterocycles. The molecule has 0 bridgehead atoms.